The van der Waals surface area contributed by atoms with Gasteiger partial charge in [0.15, 0.2) is 0 Å². The normalized spacial score (nSPS) is 11.7. The first-order valence-electron chi connectivity index (χ1n) is 16.9. The van der Waals surface area contributed by atoms with Crippen LogP contribution in [0.5, 0.6) is 0 Å². The summed E-state index contributed by atoms with van der Waals surface area (Å²) >= 11 is 0. The van der Waals surface area contributed by atoms with Crippen molar-refractivity contribution in [3.63, 3.8) is 0 Å². The molecule has 0 saturated heterocycles. The summed E-state index contributed by atoms with van der Waals surface area (Å²) in [6.07, 6.45) is 0. The zero-order valence-electron chi connectivity index (χ0n) is 27.3. The van der Waals surface area contributed by atoms with E-state index in [0.29, 0.717) is 0 Å². The number of nitrogens with zero attached hydrogens (tertiary/aromatic N) is 5. The molecule has 10 aromatic rings. The Kier molecular flexibility index (Phi) is 6.35. The van der Waals surface area contributed by atoms with Gasteiger partial charge in [-0.05, 0) is 97.1 Å². The molecule has 7 heteroatoms. The van der Waals surface area contributed by atoms with Crippen molar-refractivity contribution in [1.29, 1.82) is 0 Å². The second-order valence-electron chi connectivity index (χ2n) is 12.6. The van der Waals surface area contributed by atoms with E-state index >= 15 is 0 Å². The lowest BCUT2D eigenvalue weighted by atomic mass is 10.1. The average molecular weight is 660 g/mol. The van der Waals surface area contributed by atoms with Crippen LogP contribution in [0.4, 0.5) is 0 Å². The molecule has 3 heterocycles. The summed E-state index contributed by atoms with van der Waals surface area (Å²) in [5.74, 6) is 0. The van der Waals surface area contributed by atoms with Crippen LogP contribution in [0.15, 0.2) is 186 Å². The van der Waals surface area contributed by atoms with Crippen LogP contribution < -0.4 is 11.4 Å². The van der Waals surface area contributed by atoms with E-state index in [0.717, 1.165) is 72.3 Å². The molecule has 0 aliphatic heterocycles. The highest BCUT2D eigenvalue weighted by Crippen LogP contribution is 2.36. The molecule has 51 heavy (non-hydrogen) atoms. The van der Waals surface area contributed by atoms with Gasteiger partial charge in [-0.1, -0.05) is 78.9 Å². The second kappa shape index (κ2) is 11.2. The molecular formula is C44H29N5O2. The number of fused-ring (bicyclic) bond motifs is 5. The molecule has 0 atom stereocenters. The predicted molar refractivity (Wildman–Crippen MR) is 206 cm³/mol. The van der Waals surface area contributed by atoms with Crippen molar-refractivity contribution >= 4 is 43.9 Å². The maximum absolute atomic E-state index is 14.3. The Hall–Kier alpha value is -7.12. The zero-order valence-corrected chi connectivity index (χ0v) is 27.3. The largest absolute Gasteiger partial charge is 0.338 e. The van der Waals surface area contributed by atoms with Crippen molar-refractivity contribution < 1.29 is 0 Å². The zero-order chi connectivity index (χ0) is 34.1. The second-order valence-corrected chi connectivity index (χ2v) is 12.6. The molecule has 0 amide bonds. The maximum atomic E-state index is 14.3. The third-order valence-electron chi connectivity index (χ3n) is 9.78. The molecule has 3 aromatic heterocycles. The molecule has 0 bridgehead atoms. The van der Waals surface area contributed by atoms with Crippen molar-refractivity contribution in [2.45, 2.75) is 0 Å². The van der Waals surface area contributed by atoms with Crippen LogP contribution in [-0.4, -0.2) is 22.8 Å². The van der Waals surface area contributed by atoms with E-state index in [2.05, 4.69) is 41.0 Å². The van der Waals surface area contributed by atoms with Crippen LogP contribution in [0.1, 0.15) is 0 Å². The number of hydrogen-bond donors (Lipinski definition) is 0. The summed E-state index contributed by atoms with van der Waals surface area (Å²) in [6.45, 7) is 0. The molecule has 7 aromatic carbocycles. The Balaban J connectivity index is 1.26. The van der Waals surface area contributed by atoms with Crippen LogP contribution in [-0.2, 0) is 0 Å². The van der Waals surface area contributed by atoms with Gasteiger partial charge < -0.3 is 4.57 Å². The first-order valence-corrected chi connectivity index (χ1v) is 16.9. The minimum Gasteiger partial charge on any atom is -0.309 e. The SMILES string of the molecule is O=c1n(-c2ccccc2)c2ccccc2n1-c1ccc2c(c1)c1cc(-n3c(=O)n(-c4ccccc4)c4ccccc43)ccc1n2-c1ccccc1. The van der Waals surface area contributed by atoms with Crippen molar-refractivity contribution in [2.75, 3.05) is 0 Å². The van der Waals surface area contributed by atoms with Gasteiger partial charge in [-0.2, -0.15) is 0 Å². The van der Waals surface area contributed by atoms with Gasteiger partial charge in [0.05, 0.1) is 55.8 Å². The summed E-state index contributed by atoms with van der Waals surface area (Å²) < 4.78 is 9.34. The fraction of sp³-hybridized carbons (Fsp3) is 0. The van der Waals surface area contributed by atoms with Gasteiger partial charge in [0.1, 0.15) is 0 Å². The number of imidazole rings is 2. The monoisotopic (exact) mass is 659 g/mol. The van der Waals surface area contributed by atoms with Gasteiger partial charge in [-0.15, -0.1) is 0 Å². The Labute approximate surface area is 291 Å². The van der Waals surface area contributed by atoms with E-state index < -0.39 is 0 Å². The fourth-order valence-corrected chi connectivity index (χ4v) is 7.58. The van der Waals surface area contributed by atoms with Gasteiger partial charge in [-0.3, -0.25) is 18.3 Å². The highest BCUT2D eigenvalue weighted by Gasteiger charge is 2.21. The van der Waals surface area contributed by atoms with E-state index in [9.17, 15) is 9.59 Å². The van der Waals surface area contributed by atoms with E-state index in [4.69, 9.17) is 0 Å². The molecule has 0 radical (unpaired) electrons. The van der Waals surface area contributed by atoms with Crippen molar-refractivity contribution in [3.05, 3.63) is 197 Å². The number of benzene rings is 7. The Morgan fingerprint density at radius 1 is 0.255 bits per heavy atom. The third-order valence-corrected chi connectivity index (χ3v) is 9.78. The highest BCUT2D eigenvalue weighted by molar-refractivity contribution is 6.10. The third kappa shape index (κ3) is 4.31. The summed E-state index contributed by atoms with van der Waals surface area (Å²) in [4.78, 5) is 28.6. The first kappa shape index (κ1) is 28.9. The summed E-state index contributed by atoms with van der Waals surface area (Å²) in [7, 11) is 0. The van der Waals surface area contributed by atoms with Gasteiger partial charge in [0.2, 0.25) is 0 Å². The van der Waals surface area contributed by atoms with E-state index in [1.54, 1.807) is 18.3 Å². The molecule has 0 fully saturated rings. The fourth-order valence-electron chi connectivity index (χ4n) is 7.58. The van der Waals surface area contributed by atoms with Crippen molar-refractivity contribution in [1.82, 2.24) is 22.8 Å². The molecule has 0 unspecified atom stereocenters. The Morgan fingerprint density at radius 3 is 0.902 bits per heavy atom. The van der Waals surface area contributed by atoms with Gasteiger partial charge in [0, 0.05) is 16.5 Å². The smallest absolute Gasteiger partial charge is 0.309 e. The Bertz CT molecular complexity index is 2870. The van der Waals surface area contributed by atoms with Gasteiger partial charge in [-0.25, -0.2) is 9.59 Å². The molecule has 0 aliphatic rings. The molecule has 0 spiro atoms. The molecule has 242 valence electrons. The lowest BCUT2D eigenvalue weighted by Gasteiger charge is -2.09. The first-order chi connectivity index (χ1) is 25.2. The number of rotatable bonds is 5. The van der Waals surface area contributed by atoms with Crippen LogP contribution >= 0.6 is 0 Å². The maximum Gasteiger partial charge on any atom is 0.338 e. The van der Waals surface area contributed by atoms with Crippen molar-refractivity contribution in [2.24, 2.45) is 0 Å². The standard InChI is InChI=1S/C44H29N5O2/c50-43-46(31-16-6-2-7-17-31)39-20-10-12-22-41(39)48(43)33-24-26-37-35(28-33)36-29-34(25-27-38(36)45(37)30-14-4-1-5-15-30)49-42-23-13-11-21-40(42)47(44(49)51)32-18-8-3-9-19-32/h1-29H. The number of hydrogen-bond acceptors (Lipinski definition) is 2. The van der Waals surface area contributed by atoms with Gasteiger partial charge >= 0.3 is 11.4 Å². The topological polar surface area (TPSA) is 58.8 Å². The molecule has 0 aliphatic carbocycles. The minimum atomic E-state index is -0.144. The number of para-hydroxylation sites is 7. The summed E-state index contributed by atoms with van der Waals surface area (Å²) in [5.41, 5.74) is 9.16. The minimum absolute atomic E-state index is 0.144. The average Bonchev–Trinajstić information content (AvgIpc) is 3.78. The van der Waals surface area contributed by atoms with E-state index in [1.165, 1.54) is 0 Å². The van der Waals surface area contributed by atoms with E-state index in [1.807, 2.05) is 140 Å². The number of aromatic nitrogens is 5. The van der Waals surface area contributed by atoms with Crippen LogP contribution in [0.3, 0.4) is 0 Å². The van der Waals surface area contributed by atoms with E-state index in [-0.39, 0.29) is 11.4 Å². The van der Waals surface area contributed by atoms with Crippen LogP contribution in [0, 0.1) is 0 Å². The van der Waals surface area contributed by atoms with Crippen LogP contribution in [0.2, 0.25) is 0 Å². The summed E-state index contributed by atoms with van der Waals surface area (Å²) in [5, 5.41) is 1.94. The summed E-state index contributed by atoms with van der Waals surface area (Å²) in [6, 6.07) is 57.9. The highest BCUT2D eigenvalue weighted by atomic mass is 16.2. The lowest BCUT2D eigenvalue weighted by Crippen LogP contribution is -2.22. The predicted octanol–water partition coefficient (Wildman–Crippen LogP) is 8.97. The van der Waals surface area contributed by atoms with Gasteiger partial charge in [0.25, 0.3) is 0 Å². The molecule has 10 rings (SSSR count). The molecular weight excluding hydrogens is 631 g/mol. The van der Waals surface area contributed by atoms with Crippen LogP contribution in [0.25, 0.3) is 72.3 Å². The Morgan fingerprint density at radius 2 is 0.549 bits per heavy atom. The quantitative estimate of drug-likeness (QED) is 0.185. The molecule has 0 saturated carbocycles. The molecule has 7 nitrogen and oxygen atoms in total. The van der Waals surface area contributed by atoms with Crippen molar-refractivity contribution in [3.8, 4) is 28.4 Å². The lowest BCUT2D eigenvalue weighted by molar-refractivity contribution is 0.931. The molecule has 0 N–H and O–H groups in total.